The molecule has 2 nitrogen and oxygen atoms in total. The van der Waals surface area contributed by atoms with Crippen molar-refractivity contribution in [2.24, 2.45) is 0 Å². The lowest BCUT2D eigenvalue weighted by Gasteiger charge is -2.15. The van der Waals surface area contributed by atoms with Crippen LogP contribution in [0.2, 0.25) is 0 Å². The fraction of sp³-hybridized carbons (Fsp3) is 0.167. The Morgan fingerprint density at radius 2 is 1.57 bits per heavy atom. The Balaban J connectivity index is 2.18. The van der Waals surface area contributed by atoms with Gasteiger partial charge >= 0.3 is 5.43 Å². The van der Waals surface area contributed by atoms with Crippen LogP contribution in [-0.4, -0.2) is 11.5 Å². The predicted molar refractivity (Wildman–Crippen MR) is 87.0 cm³/mol. The summed E-state index contributed by atoms with van der Waals surface area (Å²) < 4.78 is 5.08. The van der Waals surface area contributed by atoms with Crippen molar-refractivity contribution in [3.8, 4) is 0 Å². The second kappa shape index (κ2) is 5.74. The topological polar surface area (TPSA) is 26.3 Å². The third-order valence-electron chi connectivity index (χ3n) is 3.67. The third kappa shape index (κ3) is 2.86. The Labute approximate surface area is 128 Å². The molecular formula is C18H15ClO2. The van der Waals surface area contributed by atoms with Gasteiger partial charge in [-0.2, -0.15) is 0 Å². The van der Waals surface area contributed by atoms with Gasteiger partial charge in [-0.15, -0.1) is 0 Å². The predicted octanol–water partition coefficient (Wildman–Crippen LogP) is 5.30. The molecule has 0 spiro atoms. The van der Waals surface area contributed by atoms with Crippen molar-refractivity contribution in [1.29, 1.82) is 0 Å². The molecule has 3 aromatic carbocycles. The van der Waals surface area contributed by atoms with E-state index in [1.54, 1.807) is 0 Å². The van der Waals surface area contributed by atoms with E-state index in [0.717, 1.165) is 0 Å². The van der Waals surface area contributed by atoms with E-state index in [4.69, 9.17) is 16.3 Å². The van der Waals surface area contributed by atoms with Crippen LogP contribution in [0, 0.1) is 0 Å². The van der Waals surface area contributed by atoms with Crippen molar-refractivity contribution in [2.75, 3.05) is 0 Å². The van der Waals surface area contributed by atoms with E-state index >= 15 is 0 Å². The van der Waals surface area contributed by atoms with Crippen molar-refractivity contribution in [2.45, 2.75) is 19.4 Å². The summed E-state index contributed by atoms with van der Waals surface area (Å²) in [6.45, 7) is 1.86. The van der Waals surface area contributed by atoms with Crippen molar-refractivity contribution in [3.63, 3.8) is 0 Å². The molecule has 0 radical (unpaired) electrons. The van der Waals surface area contributed by atoms with E-state index < -0.39 is 5.43 Å². The highest BCUT2D eigenvalue weighted by Crippen LogP contribution is 2.29. The molecule has 1 atom stereocenters. The molecule has 0 aliphatic heterocycles. The summed E-state index contributed by atoms with van der Waals surface area (Å²) in [6.07, 6.45) is 0.379. The smallest absolute Gasteiger partial charge is 0.404 e. The zero-order chi connectivity index (χ0) is 14.8. The van der Waals surface area contributed by atoms with Crippen molar-refractivity contribution >= 4 is 38.6 Å². The maximum Gasteiger partial charge on any atom is 0.404 e. The lowest BCUT2D eigenvalue weighted by Crippen LogP contribution is -2.13. The van der Waals surface area contributed by atoms with Crippen LogP contribution in [0.4, 0.5) is 4.79 Å². The molecule has 0 bridgehead atoms. The first-order valence-electron chi connectivity index (χ1n) is 6.90. The molecule has 0 heterocycles. The van der Waals surface area contributed by atoms with Gasteiger partial charge in [0, 0.05) is 18.0 Å². The van der Waals surface area contributed by atoms with Crippen LogP contribution < -0.4 is 0 Å². The largest absolute Gasteiger partial charge is 0.450 e. The Kier molecular flexibility index (Phi) is 3.80. The number of rotatable bonds is 3. The van der Waals surface area contributed by atoms with Crippen molar-refractivity contribution < 1.29 is 9.53 Å². The standard InChI is InChI=1S/C18H15ClO2/c1-12(21-18(19)20)10-17-15-8-4-2-6-13(15)11-14-7-3-5-9-16(14)17/h2-9,11-12H,10H2,1H3/t12-/m1/s1. The van der Waals surface area contributed by atoms with Crippen molar-refractivity contribution in [3.05, 3.63) is 60.2 Å². The maximum atomic E-state index is 10.9. The average molecular weight is 299 g/mol. The Morgan fingerprint density at radius 3 is 2.10 bits per heavy atom. The number of carbonyl (C=O) groups excluding carboxylic acids is 1. The van der Waals surface area contributed by atoms with Gasteiger partial charge in [0.2, 0.25) is 0 Å². The molecule has 0 fully saturated rings. The number of hydrogen-bond donors (Lipinski definition) is 0. The van der Waals surface area contributed by atoms with Crippen LogP contribution >= 0.6 is 11.6 Å². The van der Waals surface area contributed by atoms with Crippen LogP contribution in [0.15, 0.2) is 54.6 Å². The first-order valence-corrected chi connectivity index (χ1v) is 7.28. The van der Waals surface area contributed by atoms with E-state index in [-0.39, 0.29) is 6.10 Å². The third-order valence-corrected chi connectivity index (χ3v) is 3.76. The summed E-state index contributed by atoms with van der Waals surface area (Å²) in [5.41, 5.74) is 0.432. The molecule has 3 rings (SSSR count). The molecule has 0 amide bonds. The monoisotopic (exact) mass is 298 g/mol. The summed E-state index contributed by atoms with van der Waals surface area (Å²) in [5.74, 6) is 0. The van der Waals surface area contributed by atoms with Crippen LogP contribution in [0.5, 0.6) is 0 Å². The van der Waals surface area contributed by atoms with Gasteiger partial charge < -0.3 is 4.74 Å². The van der Waals surface area contributed by atoms with E-state index in [1.807, 2.05) is 31.2 Å². The van der Waals surface area contributed by atoms with Gasteiger partial charge in [-0.25, -0.2) is 4.79 Å². The second-order valence-electron chi connectivity index (χ2n) is 5.17. The summed E-state index contributed by atoms with van der Waals surface area (Å²) >= 11 is 5.31. The van der Waals surface area contributed by atoms with Gasteiger partial charge in [-0.05, 0) is 40.1 Å². The minimum Gasteiger partial charge on any atom is -0.450 e. The molecule has 0 saturated carbocycles. The van der Waals surface area contributed by atoms with E-state index in [9.17, 15) is 4.79 Å². The molecule has 106 valence electrons. The number of halogens is 1. The van der Waals surface area contributed by atoms with Gasteiger partial charge in [-0.3, -0.25) is 0 Å². The molecule has 0 aliphatic rings. The second-order valence-corrected chi connectivity index (χ2v) is 5.48. The zero-order valence-corrected chi connectivity index (χ0v) is 12.4. The average Bonchev–Trinajstić information content (AvgIpc) is 2.46. The van der Waals surface area contributed by atoms with Crippen LogP contribution in [0.3, 0.4) is 0 Å². The molecule has 0 saturated heterocycles. The fourth-order valence-electron chi connectivity index (χ4n) is 2.82. The normalized spacial score (nSPS) is 12.5. The summed E-state index contributed by atoms with van der Waals surface area (Å²) in [4.78, 5) is 10.9. The quantitative estimate of drug-likeness (QED) is 0.484. The molecule has 0 N–H and O–H groups in total. The number of fused-ring (bicyclic) bond motifs is 2. The van der Waals surface area contributed by atoms with Crippen LogP contribution in [0.25, 0.3) is 21.5 Å². The SMILES string of the molecule is C[C@H](Cc1c2ccccc2cc2ccccc12)OC(=O)Cl. The number of ether oxygens (including phenoxy) is 1. The highest BCUT2D eigenvalue weighted by atomic mass is 35.5. The number of carbonyl (C=O) groups is 1. The molecule has 3 aromatic rings. The highest BCUT2D eigenvalue weighted by molar-refractivity contribution is 6.61. The fourth-order valence-corrected chi connectivity index (χ4v) is 2.97. The van der Waals surface area contributed by atoms with E-state index in [2.05, 4.69) is 30.3 Å². The molecule has 0 unspecified atom stereocenters. The van der Waals surface area contributed by atoms with Gasteiger partial charge in [0.25, 0.3) is 0 Å². The Morgan fingerprint density at radius 1 is 1.05 bits per heavy atom. The van der Waals surface area contributed by atoms with Crippen molar-refractivity contribution in [1.82, 2.24) is 0 Å². The van der Waals surface area contributed by atoms with Gasteiger partial charge in [0.1, 0.15) is 6.10 Å². The zero-order valence-electron chi connectivity index (χ0n) is 11.7. The highest BCUT2D eigenvalue weighted by Gasteiger charge is 2.13. The Bertz CT molecular complexity index is 757. The summed E-state index contributed by atoms with van der Waals surface area (Å²) in [7, 11) is 0. The van der Waals surface area contributed by atoms with E-state index in [1.165, 1.54) is 27.1 Å². The molecule has 0 aliphatic carbocycles. The molecule has 3 heteroatoms. The molecule has 21 heavy (non-hydrogen) atoms. The molecule has 0 aromatic heterocycles. The van der Waals surface area contributed by atoms with Gasteiger partial charge in [0.05, 0.1) is 0 Å². The maximum absolute atomic E-state index is 10.9. The Hall–Kier alpha value is -2.06. The lowest BCUT2D eigenvalue weighted by molar-refractivity contribution is 0.132. The summed E-state index contributed by atoms with van der Waals surface area (Å²) in [6, 6.07) is 18.7. The van der Waals surface area contributed by atoms with Gasteiger partial charge in [-0.1, -0.05) is 48.5 Å². The number of hydrogen-bond acceptors (Lipinski definition) is 2. The minimum absolute atomic E-state index is 0.260. The number of benzene rings is 3. The van der Waals surface area contributed by atoms with Crippen LogP contribution in [0.1, 0.15) is 12.5 Å². The lowest BCUT2D eigenvalue weighted by atomic mass is 9.93. The minimum atomic E-state index is -0.757. The first kappa shape index (κ1) is 13.9. The van der Waals surface area contributed by atoms with Crippen LogP contribution in [-0.2, 0) is 11.2 Å². The van der Waals surface area contributed by atoms with E-state index in [0.29, 0.717) is 6.42 Å². The molecular weight excluding hydrogens is 284 g/mol. The summed E-state index contributed by atoms with van der Waals surface area (Å²) in [5, 5.41) is 4.76. The van der Waals surface area contributed by atoms with Gasteiger partial charge in [0.15, 0.2) is 0 Å². The first-order chi connectivity index (χ1) is 10.1.